The van der Waals surface area contributed by atoms with Crippen molar-refractivity contribution in [2.24, 2.45) is 7.05 Å². The van der Waals surface area contributed by atoms with Crippen molar-refractivity contribution in [3.63, 3.8) is 0 Å². The van der Waals surface area contributed by atoms with E-state index in [-0.39, 0.29) is 22.2 Å². The lowest BCUT2D eigenvalue weighted by atomic mass is 10.1. The molecule has 0 atom stereocenters. The van der Waals surface area contributed by atoms with E-state index in [2.05, 4.69) is 10.1 Å². The molecule has 0 aliphatic rings. The summed E-state index contributed by atoms with van der Waals surface area (Å²) < 4.78 is 55.0. The third-order valence-electron chi connectivity index (χ3n) is 4.09. The van der Waals surface area contributed by atoms with Gasteiger partial charge in [-0.15, -0.1) is 0 Å². The van der Waals surface area contributed by atoms with Crippen LogP contribution in [0.1, 0.15) is 5.69 Å². The summed E-state index contributed by atoms with van der Waals surface area (Å²) in [5.74, 6) is -1.68. The minimum atomic E-state index is -4.72. The maximum Gasteiger partial charge on any atom is 0.433 e. The number of aromatic nitrogens is 4. The number of nitrogens with zero attached hydrogens (tertiary/aromatic N) is 4. The van der Waals surface area contributed by atoms with Crippen molar-refractivity contribution in [3.8, 4) is 11.4 Å². The van der Waals surface area contributed by atoms with Crippen molar-refractivity contribution < 1.29 is 22.7 Å². The zero-order chi connectivity index (χ0) is 19.5. The third kappa shape index (κ3) is 2.60. The van der Waals surface area contributed by atoms with Crippen LogP contribution in [0.4, 0.5) is 17.6 Å². The van der Waals surface area contributed by atoms with Crippen LogP contribution in [0.25, 0.3) is 27.6 Å². The van der Waals surface area contributed by atoms with Crippen molar-refractivity contribution >= 4 is 21.9 Å². The zero-order valence-electron chi connectivity index (χ0n) is 13.6. The molecule has 0 fully saturated rings. The van der Waals surface area contributed by atoms with E-state index in [4.69, 9.17) is 0 Å². The summed E-state index contributed by atoms with van der Waals surface area (Å²) in [7, 11) is 1.57. The fraction of sp³-hybridized carbons (Fsp3) is 0.118. The van der Waals surface area contributed by atoms with E-state index in [0.29, 0.717) is 5.39 Å². The molecule has 4 rings (SSSR count). The van der Waals surface area contributed by atoms with Gasteiger partial charge in [-0.1, -0.05) is 0 Å². The van der Waals surface area contributed by atoms with Crippen LogP contribution >= 0.6 is 0 Å². The molecule has 0 radical (unpaired) electrons. The summed E-state index contributed by atoms with van der Waals surface area (Å²) in [6, 6.07) is 5.01. The lowest BCUT2D eigenvalue weighted by Crippen LogP contribution is -2.21. The van der Waals surface area contributed by atoms with Crippen LogP contribution in [-0.4, -0.2) is 24.4 Å². The fourth-order valence-electron chi connectivity index (χ4n) is 2.91. The van der Waals surface area contributed by atoms with Crippen LogP contribution in [0.3, 0.4) is 0 Å². The number of benzene rings is 1. The van der Waals surface area contributed by atoms with Crippen molar-refractivity contribution in [1.82, 2.24) is 19.3 Å². The number of pyridine rings is 2. The molecule has 1 N–H and O–H groups in total. The second kappa shape index (κ2) is 5.53. The van der Waals surface area contributed by atoms with Gasteiger partial charge in [0.1, 0.15) is 11.3 Å². The minimum absolute atomic E-state index is 0.00961. The molecule has 6 nitrogen and oxygen atoms in total. The Morgan fingerprint density at radius 3 is 2.52 bits per heavy atom. The van der Waals surface area contributed by atoms with Gasteiger partial charge in [0.25, 0.3) is 5.56 Å². The molecule has 3 aromatic heterocycles. The highest BCUT2D eigenvalue weighted by Gasteiger charge is 2.33. The number of hydrogen-bond donors (Lipinski definition) is 1. The summed E-state index contributed by atoms with van der Waals surface area (Å²) >= 11 is 0. The second-order valence-electron chi connectivity index (χ2n) is 5.91. The summed E-state index contributed by atoms with van der Waals surface area (Å²) in [6.45, 7) is 0. The first-order chi connectivity index (χ1) is 12.7. The SMILES string of the molecule is Cn1cc2c(n1)c(=O)n(-c1ccc(F)c(O)c1)c1nc(C(F)(F)F)ccc21. The number of fused-ring (bicyclic) bond motifs is 3. The molecular weight excluding hydrogens is 368 g/mol. The Balaban J connectivity index is 2.20. The lowest BCUT2D eigenvalue weighted by molar-refractivity contribution is -0.141. The predicted octanol–water partition coefficient (Wildman–Crippen LogP) is 3.14. The predicted molar refractivity (Wildman–Crippen MR) is 88.2 cm³/mol. The smallest absolute Gasteiger partial charge is 0.433 e. The van der Waals surface area contributed by atoms with E-state index in [0.717, 1.165) is 28.8 Å². The Morgan fingerprint density at radius 1 is 1.11 bits per heavy atom. The molecule has 27 heavy (non-hydrogen) atoms. The van der Waals surface area contributed by atoms with Gasteiger partial charge in [0.05, 0.1) is 5.69 Å². The summed E-state index contributed by atoms with van der Waals surface area (Å²) in [5, 5.41) is 14.3. The molecule has 0 unspecified atom stereocenters. The molecule has 10 heteroatoms. The Bertz CT molecular complexity index is 1270. The standard InChI is InChI=1S/C17H10F4N4O2/c1-24-7-10-9-3-5-13(17(19,20)21)22-15(9)25(16(27)14(10)23-24)8-2-4-11(18)12(26)6-8/h2-7,26H,1H3. The highest BCUT2D eigenvalue weighted by Crippen LogP contribution is 2.31. The zero-order valence-corrected chi connectivity index (χ0v) is 13.6. The van der Waals surface area contributed by atoms with Crippen LogP contribution in [0.5, 0.6) is 5.75 Å². The second-order valence-corrected chi connectivity index (χ2v) is 5.91. The van der Waals surface area contributed by atoms with E-state index in [1.165, 1.54) is 16.9 Å². The van der Waals surface area contributed by atoms with Crippen molar-refractivity contribution in [1.29, 1.82) is 0 Å². The van der Waals surface area contributed by atoms with E-state index >= 15 is 0 Å². The number of phenolic OH excluding ortho intramolecular Hbond substituents is 1. The van der Waals surface area contributed by atoms with Crippen LogP contribution in [0.15, 0.2) is 41.3 Å². The first-order valence-corrected chi connectivity index (χ1v) is 7.62. The van der Waals surface area contributed by atoms with Gasteiger partial charge in [0, 0.05) is 30.1 Å². The third-order valence-corrected chi connectivity index (χ3v) is 4.09. The highest BCUT2D eigenvalue weighted by molar-refractivity contribution is 6.03. The number of aromatic hydroxyl groups is 1. The molecule has 1 aromatic carbocycles. The molecule has 0 aliphatic carbocycles. The quantitative estimate of drug-likeness (QED) is 0.517. The van der Waals surface area contributed by atoms with Crippen LogP contribution < -0.4 is 5.56 Å². The molecule has 0 saturated carbocycles. The molecule has 0 amide bonds. The van der Waals surface area contributed by atoms with Gasteiger partial charge >= 0.3 is 6.18 Å². The summed E-state index contributed by atoms with van der Waals surface area (Å²) in [6.07, 6.45) is -3.22. The molecule has 138 valence electrons. The average Bonchev–Trinajstić information content (AvgIpc) is 2.99. The topological polar surface area (TPSA) is 72.9 Å². The maximum atomic E-state index is 13.4. The summed E-state index contributed by atoms with van der Waals surface area (Å²) in [5.41, 5.74) is -2.23. The molecule has 0 bridgehead atoms. The largest absolute Gasteiger partial charge is 0.505 e. The summed E-state index contributed by atoms with van der Waals surface area (Å²) in [4.78, 5) is 16.5. The van der Waals surface area contributed by atoms with E-state index < -0.39 is 29.0 Å². The molecule has 4 aromatic rings. The Hall–Kier alpha value is -3.43. The minimum Gasteiger partial charge on any atom is -0.505 e. The van der Waals surface area contributed by atoms with Crippen molar-refractivity contribution in [3.05, 3.63) is 58.4 Å². The van der Waals surface area contributed by atoms with Gasteiger partial charge in [-0.25, -0.2) is 9.37 Å². The molecule has 0 aliphatic heterocycles. The first-order valence-electron chi connectivity index (χ1n) is 7.62. The normalized spacial score (nSPS) is 12.2. The maximum absolute atomic E-state index is 13.4. The number of phenols is 1. The molecule has 3 heterocycles. The van der Waals surface area contributed by atoms with E-state index in [1.54, 1.807) is 7.05 Å². The number of rotatable bonds is 1. The first kappa shape index (κ1) is 17.0. The van der Waals surface area contributed by atoms with Crippen LogP contribution in [-0.2, 0) is 13.2 Å². The molecule has 0 spiro atoms. The van der Waals surface area contributed by atoms with Gasteiger partial charge in [-0.2, -0.15) is 18.3 Å². The highest BCUT2D eigenvalue weighted by atomic mass is 19.4. The number of hydrogen-bond acceptors (Lipinski definition) is 4. The molecular formula is C17H10F4N4O2. The Kier molecular flexibility index (Phi) is 3.48. The van der Waals surface area contributed by atoms with Gasteiger partial charge < -0.3 is 5.11 Å². The van der Waals surface area contributed by atoms with Crippen molar-refractivity contribution in [2.75, 3.05) is 0 Å². The number of aryl methyl sites for hydroxylation is 1. The van der Waals surface area contributed by atoms with E-state index in [1.807, 2.05) is 0 Å². The molecule has 0 saturated heterocycles. The number of halogens is 4. The van der Waals surface area contributed by atoms with E-state index in [9.17, 15) is 27.5 Å². The monoisotopic (exact) mass is 378 g/mol. The van der Waals surface area contributed by atoms with Gasteiger partial charge in [0.2, 0.25) is 0 Å². The number of alkyl halides is 3. The van der Waals surface area contributed by atoms with Gasteiger partial charge in [0.15, 0.2) is 17.1 Å². The van der Waals surface area contributed by atoms with Gasteiger partial charge in [-0.3, -0.25) is 14.0 Å². The van der Waals surface area contributed by atoms with Gasteiger partial charge in [-0.05, 0) is 24.3 Å². The Labute approximate surface area is 147 Å². The lowest BCUT2D eigenvalue weighted by Gasteiger charge is -2.13. The van der Waals surface area contributed by atoms with Crippen LogP contribution in [0.2, 0.25) is 0 Å². The van der Waals surface area contributed by atoms with Crippen molar-refractivity contribution in [2.45, 2.75) is 6.18 Å². The fourth-order valence-corrected chi connectivity index (χ4v) is 2.91. The average molecular weight is 378 g/mol. The van der Waals surface area contributed by atoms with Crippen LogP contribution in [0, 0.1) is 5.82 Å². The Morgan fingerprint density at radius 2 is 1.85 bits per heavy atom.